The van der Waals surface area contributed by atoms with Crippen LogP contribution >= 0.6 is 0 Å². The molecule has 0 aliphatic carbocycles. The van der Waals surface area contributed by atoms with Gasteiger partial charge in [-0.05, 0) is 34.1 Å². The van der Waals surface area contributed by atoms with Crippen LogP contribution in [-0.2, 0) is 12.8 Å². The third-order valence-corrected chi connectivity index (χ3v) is 6.05. The van der Waals surface area contributed by atoms with Gasteiger partial charge in [0.05, 0.1) is 18.3 Å². The van der Waals surface area contributed by atoms with Crippen molar-refractivity contribution in [3.8, 4) is 39.9 Å². The van der Waals surface area contributed by atoms with E-state index in [1.54, 1.807) is 13.8 Å². The van der Waals surface area contributed by atoms with Crippen molar-refractivity contribution < 1.29 is 34.3 Å². The molecule has 0 saturated carbocycles. The Morgan fingerprint density at radius 3 is 2.56 bits per heavy atom. The van der Waals surface area contributed by atoms with Gasteiger partial charge in [0, 0.05) is 35.2 Å². The molecule has 4 N–H and O–H groups in total. The summed E-state index contributed by atoms with van der Waals surface area (Å²) in [5.74, 6) is -0.572. The summed E-state index contributed by atoms with van der Waals surface area (Å²) in [5.41, 5.74) is 0.996. The minimum absolute atomic E-state index is 0.0325. The van der Waals surface area contributed by atoms with Gasteiger partial charge in [0.25, 0.3) is 0 Å². The maximum atomic E-state index is 13.6. The molecule has 0 amide bonds. The van der Waals surface area contributed by atoms with E-state index in [1.165, 1.54) is 19.4 Å². The maximum Gasteiger partial charge on any atom is 0.204 e. The Bertz CT molecular complexity index is 1370. The van der Waals surface area contributed by atoms with Crippen molar-refractivity contribution in [2.45, 2.75) is 52.2 Å². The lowest BCUT2D eigenvalue weighted by Gasteiger charge is -2.24. The number of aromatic hydroxyl groups is 3. The molecule has 0 saturated heterocycles. The second-order valence-electron chi connectivity index (χ2n) is 9.31. The molecule has 180 valence electrons. The van der Waals surface area contributed by atoms with E-state index in [2.05, 4.69) is 0 Å². The molecule has 0 spiro atoms. The van der Waals surface area contributed by atoms with Crippen molar-refractivity contribution in [2.75, 3.05) is 7.11 Å². The Labute approximate surface area is 196 Å². The van der Waals surface area contributed by atoms with Crippen molar-refractivity contribution >= 4 is 11.0 Å². The standard InChI is InChI=1S/C26H28O8/c1-12(2)6-7-14-20(16-11-33-18-9-13(27)8-17(28)21(18)22(16)29)15-10-19(26(3,4)31)34-25(15)23(30)24(14)32-5/h6,8-9,11,19,27-28,30-31H,7,10H2,1-5H3. The second kappa shape index (κ2) is 8.29. The van der Waals surface area contributed by atoms with E-state index in [4.69, 9.17) is 13.9 Å². The average molecular weight is 469 g/mol. The molecule has 34 heavy (non-hydrogen) atoms. The van der Waals surface area contributed by atoms with E-state index in [0.717, 1.165) is 11.6 Å². The van der Waals surface area contributed by atoms with E-state index in [9.17, 15) is 25.2 Å². The molecular weight excluding hydrogens is 440 g/mol. The first kappa shape index (κ1) is 23.5. The minimum Gasteiger partial charge on any atom is -0.508 e. The van der Waals surface area contributed by atoms with E-state index in [-0.39, 0.29) is 46.0 Å². The minimum atomic E-state index is -1.22. The topological polar surface area (TPSA) is 130 Å². The summed E-state index contributed by atoms with van der Waals surface area (Å²) in [6.07, 6.45) is 3.10. The van der Waals surface area contributed by atoms with Gasteiger partial charge in [-0.3, -0.25) is 4.79 Å². The third kappa shape index (κ3) is 3.84. The van der Waals surface area contributed by atoms with E-state index >= 15 is 0 Å². The number of benzene rings is 2. The Morgan fingerprint density at radius 1 is 1.24 bits per heavy atom. The van der Waals surface area contributed by atoms with Crippen LogP contribution in [0.4, 0.5) is 0 Å². The molecule has 0 radical (unpaired) electrons. The molecule has 2 heterocycles. The summed E-state index contributed by atoms with van der Waals surface area (Å²) >= 11 is 0. The number of allylic oxidation sites excluding steroid dienone is 2. The zero-order chi connectivity index (χ0) is 24.9. The molecule has 1 unspecified atom stereocenters. The summed E-state index contributed by atoms with van der Waals surface area (Å²) in [6, 6.07) is 2.32. The smallest absolute Gasteiger partial charge is 0.204 e. The first-order valence-electron chi connectivity index (χ1n) is 10.9. The average Bonchev–Trinajstić information content (AvgIpc) is 3.19. The Hall–Kier alpha value is -3.65. The number of hydrogen-bond donors (Lipinski definition) is 4. The molecule has 4 rings (SSSR count). The molecule has 2 aromatic carbocycles. The number of ether oxygens (including phenoxy) is 2. The molecule has 3 aromatic rings. The van der Waals surface area contributed by atoms with Gasteiger partial charge in [-0.1, -0.05) is 11.6 Å². The first-order chi connectivity index (χ1) is 15.9. The number of rotatable bonds is 5. The Balaban J connectivity index is 2.10. The fourth-order valence-electron chi connectivity index (χ4n) is 4.32. The van der Waals surface area contributed by atoms with E-state index < -0.39 is 22.9 Å². The Morgan fingerprint density at radius 2 is 1.94 bits per heavy atom. The normalized spacial score (nSPS) is 15.2. The van der Waals surface area contributed by atoms with Gasteiger partial charge in [0.2, 0.25) is 11.2 Å². The molecule has 8 nitrogen and oxygen atoms in total. The highest BCUT2D eigenvalue weighted by Gasteiger charge is 2.40. The van der Waals surface area contributed by atoms with Crippen LogP contribution in [0, 0.1) is 0 Å². The van der Waals surface area contributed by atoms with Crippen molar-refractivity contribution in [3.63, 3.8) is 0 Å². The summed E-state index contributed by atoms with van der Waals surface area (Å²) in [6.45, 7) is 7.08. The first-order valence-corrected chi connectivity index (χ1v) is 10.9. The third-order valence-electron chi connectivity index (χ3n) is 6.05. The number of hydrogen-bond acceptors (Lipinski definition) is 8. The molecular formula is C26H28O8. The van der Waals surface area contributed by atoms with Crippen molar-refractivity contribution in [3.05, 3.63) is 51.4 Å². The maximum absolute atomic E-state index is 13.6. The quantitative estimate of drug-likeness (QED) is 0.411. The zero-order valence-electron chi connectivity index (χ0n) is 19.7. The lowest BCUT2D eigenvalue weighted by Crippen LogP contribution is -2.39. The number of fused-ring (bicyclic) bond motifs is 2. The van der Waals surface area contributed by atoms with Crippen LogP contribution in [0.1, 0.15) is 38.8 Å². The predicted molar refractivity (Wildman–Crippen MR) is 127 cm³/mol. The summed E-state index contributed by atoms with van der Waals surface area (Å²) in [4.78, 5) is 13.6. The summed E-state index contributed by atoms with van der Waals surface area (Å²) < 4.78 is 17.1. The monoisotopic (exact) mass is 468 g/mol. The van der Waals surface area contributed by atoms with Gasteiger partial charge in [0.15, 0.2) is 11.5 Å². The lowest BCUT2D eigenvalue weighted by molar-refractivity contribution is -0.0236. The van der Waals surface area contributed by atoms with Gasteiger partial charge in [-0.2, -0.15) is 0 Å². The largest absolute Gasteiger partial charge is 0.508 e. The number of phenols is 3. The molecule has 1 atom stereocenters. The van der Waals surface area contributed by atoms with E-state index in [0.29, 0.717) is 23.1 Å². The van der Waals surface area contributed by atoms with Crippen LogP contribution in [0.5, 0.6) is 28.7 Å². The predicted octanol–water partition coefficient (Wildman–Crippen LogP) is 4.17. The molecule has 0 fully saturated rings. The second-order valence-corrected chi connectivity index (χ2v) is 9.31. The highest BCUT2D eigenvalue weighted by atomic mass is 16.5. The molecule has 0 bridgehead atoms. The SMILES string of the molecule is COc1c(O)c2c(c(-c3coc4cc(O)cc(O)c4c3=O)c1CC=C(C)C)CC(C(C)(C)O)O2. The fourth-order valence-corrected chi connectivity index (χ4v) is 4.32. The molecule has 1 aliphatic rings. The Kier molecular flexibility index (Phi) is 5.73. The van der Waals surface area contributed by atoms with Crippen LogP contribution in [0.3, 0.4) is 0 Å². The van der Waals surface area contributed by atoms with Gasteiger partial charge in [-0.15, -0.1) is 0 Å². The van der Waals surface area contributed by atoms with Crippen molar-refractivity contribution in [1.29, 1.82) is 0 Å². The van der Waals surface area contributed by atoms with Gasteiger partial charge in [-0.25, -0.2) is 0 Å². The van der Waals surface area contributed by atoms with Crippen molar-refractivity contribution in [2.24, 2.45) is 0 Å². The van der Waals surface area contributed by atoms with Crippen LogP contribution in [0.25, 0.3) is 22.1 Å². The fraction of sp³-hybridized carbons (Fsp3) is 0.346. The lowest BCUT2D eigenvalue weighted by atomic mass is 9.87. The molecule has 8 heteroatoms. The van der Waals surface area contributed by atoms with Crippen LogP contribution in [-0.4, -0.2) is 39.2 Å². The van der Waals surface area contributed by atoms with Gasteiger partial charge >= 0.3 is 0 Å². The summed E-state index contributed by atoms with van der Waals surface area (Å²) in [5, 5.41) is 41.7. The highest BCUT2D eigenvalue weighted by Crippen LogP contribution is 2.52. The van der Waals surface area contributed by atoms with Gasteiger partial charge in [0.1, 0.15) is 34.8 Å². The number of methoxy groups -OCH3 is 1. The van der Waals surface area contributed by atoms with Crippen LogP contribution in [0.2, 0.25) is 0 Å². The zero-order valence-corrected chi connectivity index (χ0v) is 19.7. The van der Waals surface area contributed by atoms with Crippen LogP contribution < -0.4 is 14.9 Å². The highest BCUT2D eigenvalue weighted by molar-refractivity contribution is 5.90. The van der Waals surface area contributed by atoms with E-state index in [1.807, 2.05) is 19.9 Å². The molecule has 1 aromatic heterocycles. The molecule has 1 aliphatic heterocycles. The summed E-state index contributed by atoms with van der Waals surface area (Å²) in [7, 11) is 1.41. The number of aliphatic hydroxyl groups is 1. The van der Waals surface area contributed by atoms with Gasteiger partial charge < -0.3 is 34.3 Å². The number of phenolic OH excluding ortho intramolecular Hbond substituents is 3. The van der Waals surface area contributed by atoms with Crippen molar-refractivity contribution in [1.82, 2.24) is 0 Å². The van der Waals surface area contributed by atoms with Crippen LogP contribution in [0.15, 0.2) is 39.3 Å².